The molecule has 0 saturated heterocycles. The first-order valence-electron chi connectivity index (χ1n) is 7.15. The third kappa shape index (κ3) is 2.90. The number of aryl methyl sites for hydroxylation is 1. The van der Waals surface area contributed by atoms with Crippen molar-refractivity contribution in [1.29, 1.82) is 5.26 Å². The molecule has 0 N–H and O–H groups in total. The number of halogens is 1. The van der Waals surface area contributed by atoms with Crippen LogP contribution in [0.4, 0.5) is 4.39 Å². The van der Waals surface area contributed by atoms with Gasteiger partial charge in [0, 0.05) is 5.56 Å². The number of benzene rings is 2. The fraction of sp³-hybridized carbons (Fsp3) is 0.118. The molecule has 0 fully saturated rings. The quantitative estimate of drug-likeness (QED) is 0.690. The normalized spacial score (nSPS) is 11.7. The van der Waals surface area contributed by atoms with Crippen LogP contribution in [-0.2, 0) is 0 Å². The van der Waals surface area contributed by atoms with E-state index in [2.05, 4.69) is 15.5 Å². The number of nitrogens with zero attached hydrogens (tertiary/aromatic N) is 5. The maximum absolute atomic E-state index is 13.0. The highest BCUT2D eigenvalue weighted by molar-refractivity contribution is 6.02. The first kappa shape index (κ1) is 15.5. The number of nitriles is 1. The second-order valence-electron chi connectivity index (χ2n) is 5.22. The van der Waals surface area contributed by atoms with Gasteiger partial charge in [0.2, 0.25) is 0 Å². The zero-order valence-electron chi connectivity index (χ0n) is 12.7. The highest BCUT2D eigenvalue weighted by atomic mass is 19.1. The molecule has 1 atom stereocenters. The fourth-order valence-electron chi connectivity index (χ4n) is 2.26. The smallest absolute Gasteiger partial charge is 0.187 e. The summed E-state index contributed by atoms with van der Waals surface area (Å²) in [6.45, 7) is 1.94. The van der Waals surface area contributed by atoms with Gasteiger partial charge < -0.3 is 0 Å². The topological polar surface area (TPSA) is 84.5 Å². The van der Waals surface area contributed by atoms with Gasteiger partial charge in [0.25, 0.3) is 0 Å². The van der Waals surface area contributed by atoms with E-state index < -0.39 is 17.5 Å². The second-order valence-corrected chi connectivity index (χ2v) is 5.22. The van der Waals surface area contributed by atoms with E-state index in [1.807, 2.05) is 25.1 Å². The molecular formula is C17H12FN5O. The number of aromatic nitrogens is 4. The predicted octanol–water partition coefficient (Wildman–Crippen LogP) is 2.60. The molecule has 0 radical (unpaired) electrons. The number of Topliss-reactive ketones (excluding diaryl/α,β-unsaturated/α-hetero) is 1. The first-order chi connectivity index (χ1) is 11.6. The van der Waals surface area contributed by atoms with E-state index in [1.165, 1.54) is 28.9 Å². The minimum atomic E-state index is -1.19. The Morgan fingerprint density at radius 1 is 1.17 bits per heavy atom. The van der Waals surface area contributed by atoms with Gasteiger partial charge in [-0.3, -0.25) is 4.79 Å². The number of carbonyl (C=O) groups is 1. The molecule has 0 bridgehead atoms. The van der Waals surface area contributed by atoms with Gasteiger partial charge in [0.1, 0.15) is 5.82 Å². The molecule has 0 saturated carbocycles. The number of tetrazole rings is 1. The molecule has 24 heavy (non-hydrogen) atoms. The third-order valence-electron chi connectivity index (χ3n) is 3.55. The standard InChI is InChI=1S/C17H12FN5O/c1-11-2-8-14(9-3-11)23-17(20-21-22-23)15(10-19)16(24)12-4-6-13(18)7-5-12/h2-9,15H,1H3. The Balaban J connectivity index is 1.99. The first-order valence-corrected chi connectivity index (χ1v) is 7.15. The summed E-state index contributed by atoms with van der Waals surface area (Å²) in [5.74, 6) is -2.01. The van der Waals surface area contributed by atoms with Gasteiger partial charge in [0.05, 0.1) is 11.8 Å². The minimum Gasteiger partial charge on any atom is -0.292 e. The van der Waals surface area contributed by atoms with E-state index in [1.54, 1.807) is 12.1 Å². The molecule has 0 amide bonds. The zero-order valence-corrected chi connectivity index (χ0v) is 12.7. The number of rotatable bonds is 4. The number of carbonyl (C=O) groups excluding carboxylic acids is 1. The summed E-state index contributed by atoms with van der Waals surface area (Å²) in [4.78, 5) is 12.6. The van der Waals surface area contributed by atoms with E-state index in [0.717, 1.165) is 5.56 Å². The van der Waals surface area contributed by atoms with Crippen LogP contribution in [0.25, 0.3) is 5.69 Å². The monoisotopic (exact) mass is 321 g/mol. The Hall–Kier alpha value is -3.40. The largest absolute Gasteiger partial charge is 0.292 e. The van der Waals surface area contributed by atoms with Crippen molar-refractivity contribution >= 4 is 5.78 Å². The van der Waals surface area contributed by atoms with Gasteiger partial charge >= 0.3 is 0 Å². The lowest BCUT2D eigenvalue weighted by molar-refractivity contribution is 0.0975. The average Bonchev–Trinajstić information content (AvgIpc) is 3.06. The Morgan fingerprint density at radius 2 is 1.83 bits per heavy atom. The van der Waals surface area contributed by atoms with Crippen molar-refractivity contribution in [2.45, 2.75) is 12.8 Å². The van der Waals surface area contributed by atoms with Crippen molar-refractivity contribution in [2.75, 3.05) is 0 Å². The molecule has 3 rings (SSSR count). The Bertz CT molecular complexity index is 909. The second kappa shape index (κ2) is 6.38. The lowest BCUT2D eigenvalue weighted by Gasteiger charge is -2.09. The molecule has 118 valence electrons. The number of hydrogen-bond acceptors (Lipinski definition) is 5. The van der Waals surface area contributed by atoms with E-state index in [-0.39, 0.29) is 11.4 Å². The summed E-state index contributed by atoms with van der Waals surface area (Å²) < 4.78 is 14.4. The van der Waals surface area contributed by atoms with Crippen LogP contribution in [0.5, 0.6) is 0 Å². The van der Waals surface area contributed by atoms with Gasteiger partial charge in [0.15, 0.2) is 17.5 Å². The average molecular weight is 321 g/mol. The van der Waals surface area contributed by atoms with Gasteiger partial charge in [-0.15, -0.1) is 5.10 Å². The lowest BCUT2D eigenvalue weighted by atomic mass is 9.98. The maximum atomic E-state index is 13.0. The summed E-state index contributed by atoms with van der Waals surface area (Å²) in [5, 5.41) is 20.7. The highest BCUT2D eigenvalue weighted by Gasteiger charge is 2.28. The SMILES string of the molecule is Cc1ccc(-n2nnnc2C(C#N)C(=O)c2ccc(F)cc2)cc1. The van der Waals surface area contributed by atoms with Crippen LogP contribution in [0.2, 0.25) is 0 Å². The molecule has 1 aromatic heterocycles. The van der Waals surface area contributed by atoms with E-state index in [4.69, 9.17) is 0 Å². The molecule has 7 heteroatoms. The predicted molar refractivity (Wildman–Crippen MR) is 83.0 cm³/mol. The van der Waals surface area contributed by atoms with E-state index >= 15 is 0 Å². The van der Waals surface area contributed by atoms with Crippen molar-refractivity contribution in [1.82, 2.24) is 20.2 Å². The molecule has 3 aromatic rings. The molecular weight excluding hydrogens is 309 g/mol. The highest BCUT2D eigenvalue weighted by Crippen LogP contribution is 2.21. The van der Waals surface area contributed by atoms with Crippen LogP contribution in [0, 0.1) is 24.1 Å². The Morgan fingerprint density at radius 3 is 2.46 bits per heavy atom. The van der Waals surface area contributed by atoms with Crippen molar-refractivity contribution in [3.63, 3.8) is 0 Å². The summed E-state index contributed by atoms with van der Waals surface area (Å²) in [5.41, 5.74) is 1.93. The van der Waals surface area contributed by atoms with Crippen LogP contribution in [0.1, 0.15) is 27.7 Å². The summed E-state index contributed by atoms with van der Waals surface area (Å²) >= 11 is 0. The Kier molecular flexibility index (Phi) is 4.12. The molecule has 0 aliphatic rings. The van der Waals surface area contributed by atoms with Crippen molar-refractivity contribution in [3.8, 4) is 11.8 Å². The summed E-state index contributed by atoms with van der Waals surface area (Å²) in [6, 6.07) is 14.3. The van der Waals surface area contributed by atoms with E-state index in [0.29, 0.717) is 5.69 Å². The van der Waals surface area contributed by atoms with E-state index in [9.17, 15) is 14.4 Å². The van der Waals surface area contributed by atoms with Crippen molar-refractivity contribution in [2.24, 2.45) is 0 Å². The molecule has 0 aliphatic heterocycles. The molecule has 2 aromatic carbocycles. The van der Waals surface area contributed by atoms with Gasteiger partial charge in [-0.2, -0.15) is 9.94 Å². The third-order valence-corrected chi connectivity index (χ3v) is 3.55. The molecule has 1 heterocycles. The minimum absolute atomic E-state index is 0.121. The van der Waals surface area contributed by atoms with Crippen molar-refractivity contribution < 1.29 is 9.18 Å². The molecule has 1 unspecified atom stereocenters. The van der Waals surface area contributed by atoms with Crippen LogP contribution in [-0.4, -0.2) is 26.0 Å². The number of ketones is 1. The molecule has 0 spiro atoms. The van der Waals surface area contributed by atoms with Gasteiger partial charge in [-0.25, -0.2) is 4.39 Å². The zero-order chi connectivity index (χ0) is 17.1. The van der Waals surface area contributed by atoms with Gasteiger partial charge in [-0.1, -0.05) is 17.7 Å². The van der Waals surface area contributed by atoms with Crippen LogP contribution >= 0.6 is 0 Å². The maximum Gasteiger partial charge on any atom is 0.187 e. The van der Waals surface area contributed by atoms with Crippen LogP contribution < -0.4 is 0 Å². The van der Waals surface area contributed by atoms with Crippen LogP contribution in [0.3, 0.4) is 0 Å². The van der Waals surface area contributed by atoms with Crippen molar-refractivity contribution in [3.05, 3.63) is 71.3 Å². The summed E-state index contributed by atoms with van der Waals surface area (Å²) in [7, 11) is 0. The Labute approximate surface area is 137 Å². The summed E-state index contributed by atoms with van der Waals surface area (Å²) in [6.07, 6.45) is 0. The van der Waals surface area contributed by atoms with Gasteiger partial charge in [-0.05, 0) is 53.7 Å². The lowest BCUT2D eigenvalue weighted by Crippen LogP contribution is -2.16. The number of hydrogen-bond donors (Lipinski definition) is 0. The van der Waals surface area contributed by atoms with Crippen LogP contribution in [0.15, 0.2) is 48.5 Å². The molecule has 0 aliphatic carbocycles. The molecule has 6 nitrogen and oxygen atoms in total. The fourth-order valence-corrected chi connectivity index (χ4v) is 2.26.